The molecule has 2 rings (SSSR count). The fraction of sp³-hybridized carbons (Fsp3) is 0.300. The van der Waals surface area contributed by atoms with E-state index in [9.17, 15) is 14.7 Å². The molecule has 4 N–H and O–H groups in total. The van der Waals surface area contributed by atoms with Crippen molar-refractivity contribution in [2.45, 2.75) is 13.0 Å². The van der Waals surface area contributed by atoms with Crippen molar-refractivity contribution < 1.29 is 14.6 Å². The minimum atomic E-state index is -0.521. The molecule has 2 heterocycles. The zero-order chi connectivity index (χ0) is 13.3. The van der Waals surface area contributed by atoms with Crippen LogP contribution in [0.3, 0.4) is 0 Å². The van der Waals surface area contributed by atoms with Gasteiger partial charge in [0.05, 0.1) is 20.1 Å². The lowest BCUT2D eigenvalue weighted by atomic mass is 10.3. The average molecular weight is 252 g/mol. The van der Waals surface area contributed by atoms with Gasteiger partial charge in [-0.1, -0.05) is 0 Å². The van der Waals surface area contributed by atoms with Gasteiger partial charge in [0.25, 0.3) is 5.56 Å². The fourth-order valence-electron chi connectivity index (χ4n) is 1.64. The highest BCUT2D eigenvalue weighted by Gasteiger charge is 2.13. The molecule has 0 aliphatic carbocycles. The second kappa shape index (κ2) is 4.40. The van der Waals surface area contributed by atoms with Crippen molar-refractivity contribution >= 4 is 22.7 Å². The SMILES string of the molecule is COC(=O)CCn1nc2cc(O)[nH]c(=O)c2c1N. The quantitative estimate of drug-likeness (QED) is 0.637. The zero-order valence-electron chi connectivity index (χ0n) is 9.64. The van der Waals surface area contributed by atoms with Crippen molar-refractivity contribution in [2.24, 2.45) is 0 Å². The van der Waals surface area contributed by atoms with Gasteiger partial charge in [0.2, 0.25) is 0 Å². The van der Waals surface area contributed by atoms with Crippen molar-refractivity contribution in [2.75, 3.05) is 12.8 Å². The third-order valence-electron chi connectivity index (χ3n) is 2.52. The normalized spacial score (nSPS) is 10.7. The first kappa shape index (κ1) is 12.0. The molecule has 18 heavy (non-hydrogen) atoms. The van der Waals surface area contributed by atoms with Crippen LogP contribution in [0.2, 0.25) is 0 Å². The van der Waals surface area contributed by atoms with Gasteiger partial charge in [-0.2, -0.15) is 5.10 Å². The number of esters is 1. The lowest BCUT2D eigenvalue weighted by Crippen LogP contribution is -2.11. The zero-order valence-corrected chi connectivity index (χ0v) is 9.64. The molecule has 0 fully saturated rings. The van der Waals surface area contributed by atoms with Crippen molar-refractivity contribution in [1.29, 1.82) is 0 Å². The Morgan fingerprint density at radius 2 is 2.39 bits per heavy atom. The molecule has 0 radical (unpaired) electrons. The van der Waals surface area contributed by atoms with Crippen LogP contribution in [-0.4, -0.2) is 33.0 Å². The van der Waals surface area contributed by atoms with Gasteiger partial charge in [-0.25, -0.2) is 4.68 Å². The number of nitrogens with two attached hydrogens (primary N) is 1. The number of aromatic hydroxyl groups is 1. The molecular formula is C10H12N4O4. The van der Waals surface area contributed by atoms with E-state index in [1.165, 1.54) is 17.9 Å². The first-order chi connectivity index (χ1) is 8.52. The number of aryl methyl sites for hydroxylation is 1. The Bertz CT molecular complexity index is 658. The Hall–Kier alpha value is -2.51. The molecular weight excluding hydrogens is 240 g/mol. The third-order valence-corrected chi connectivity index (χ3v) is 2.52. The number of aromatic nitrogens is 3. The van der Waals surface area contributed by atoms with Crippen LogP contribution in [0.15, 0.2) is 10.9 Å². The largest absolute Gasteiger partial charge is 0.494 e. The summed E-state index contributed by atoms with van der Waals surface area (Å²) in [6, 6.07) is 1.29. The summed E-state index contributed by atoms with van der Waals surface area (Å²) in [7, 11) is 1.29. The Morgan fingerprint density at radius 3 is 3.06 bits per heavy atom. The minimum absolute atomic E-state index is 0.0958. The number of nitrogens with zero attached hydrogens (tertiary/aromatic N) is 2. The molecule has 0 unspecified atom stereocenters. The molecule has 0 spiro atoms. The summed E-state index contributed by atoms with van der Waals surface area (Å²) in [5.74, 6) is -0.536. The number of aromatic amines is 1. The molecule has 0 aliphatic rings. The first-order valence-electron chi connectivity index (χ1n) is 5.18. The number of pyridine rings is 1. The summed E-state index contributed by atoms with van der Waals surface area (Å²) in [5.41, 5.74) is 5.52. The van der Waals surface area contributed by atoms with Crippen LogP contribution in [0.1, 0.15) is 6.42 Å². The van der Waals surface area contributed by atoms with Gasteiger partial charge in [-0.3, -0.25) is 14.6 Å². The van der Waals surface area contributed by atoms with Crippen molar-refractivity contribution in [3.8, 4) is 5.88 Å². The molecule has 0 amide bonds. The highest BCUT2D eigenvalue weighted by Crippen LogP contribution is 2.19. The van der Waals surface area contributed by atoms with Crippen molar-refractivity contribution in [1.82, 2.24) is 14.8 Å². The summed E-state index contributed by atoms with van der Waals surface area (Å²) in [6.07, 6.45) is 0.0958. The smallest absolute Gasteiger partial charge is 0.307 e. The number of methoxy groups -OCH3 is 1. The van der Waals surface area contributed by atoms with Gasteiger partial charge in [0.1, 0.15) is 16.7 Å². The Labute approximate surface area is 101 Å². The van der Waals surface area contributed by atoms with Crippen LogP contribution >= 0.6 is 0 Å². The van der Waals surface area contributed by atoms with E-state index in [1.54, 1.807) is 0 Å². The van der Waals surface area contributed by atoms with Gasteiger partial charge in [0.15, 0.2) is 5.88 Å². The number of rotatable bonds is 3. The molecule has 2 aromatic rings. The maximum atomic E-state index is 11.6. The molecule has 8 nitrogen and oxygen atoms in total. The highest BCUT2D eigenvalue weighted by molar-refractivity contribution is 5.88. The number of nitrogens with one attached hydrogen (secondary N) is 1. The van der Waals surface area contributed by atoms with Crippen LogP contribution in [0.5, 0.6) is 5.88 Å². The standard InChI is InChI=1S/C10H12N4O4/c1-18-7(16)2-3-14-9(11)8-5(13-14)4-6(15)12-10(8)17/h4,15H,2-3,11H2,1H3,(H,12,17). The number of ether oxygens (including phenoxy) is 1. The summed E-state index contributed by atoms with van der Waals surface area (Å²) in [4.78, 5) is 24.8. The number of fused-ring (bicyclic) bond motifs is 1. The van der Waals surface area contributed by atoms with Crippen molar-refractivity contribution in [3.05, 3.63) is 16.4 Å². The average Bonchev–Trinajstić information content (AvgIpc) is 2.62. The number of nitrogen functional groups attached to an aromatic ring is 1. The molecule has 0 saturated carbocycles. The van der Waals surface area contributed by atoms with E-state index < -0.39 is 11.5 Å². The number of hydrogen-bond donors (Lipinski definition) is 3. The molecule has 2 aromatic heterocycles. The van der Waals surface area contributed by atoms with E-state index >= 15 is 0 Å². The molecule has 0 saturated heterocycles. The fourth-order valence-corrected chi connectivity index (χ4v) is 1.64. The summed E-state index contributed by atoms with van der Waals surface area (Å²) in [6.45, 7) is 0.202. The van der Waals surface area contributed by atoms with Crippen LogP contribution in [0, 0.1) is 0 Å². The molecule has 96 valence electrons. The number of H-pyrrole nitrogens is 1. The molecule has 0 aliphatic heterocycles. The van der Waals surface area contributed by atoms with E-state index in [0.29, 0.717) is 0 Å². The van der Waals surface area contributed by atoms with Crippen LogP contribution < -0.4 is 11.3 Å². The Kier molecular flexibility index (Phi) is 2.92. The van der Waals surface area contributed by atoms with E-state index in [-0.39, 0.29) is 35.6 Å². The maximum absolute atomic E-state index is 11.6. The second-order valence-corrected chi connectivity index (χ2v) is 3.68. The summed E-state index contributed by atoms with van der Waals surface area (Å²) in [5, 5.41) is 13.5. The predicted molar refractivity (Wildman–Crippen MR) is 63.1 cm³/mol. The second-order valence-electron chi connectivity index (χ2n) is 3.68. The minimum Gasteiger partial charge on any atom is -0.494 e. The number of hydrogen-bond acceptors (Lipinski definition) is 6. The Morgan fingerprint density at radius 1 is 1.67 bits per heavy atom. The van der Waals surface area contributed by atoms with E-state index in [2.05, 4.69) is 14.8 Å². The van der Waals surface area contributed by atoms with Gasteiger partial charge in [-0.05, 0) is 0 Å². The van der Waals surface area contributed by atoms with Crippen LogP contribution in [0.25, 0.3) is 10.9 Å². The van der Waals surface area contributed by atoms with Crippen molar-refractivity contribution in [3.63, 3.8) is 0 Å². The number of carbonyl (C=O) groups excluding carboxylic acids is 1. The molecule has 0 aromatic carbocycles. The summed E-state index contributed by atoms with van der Waals surface area (Å²) < 4.78 is 5.83. The topological polar surface area (TPSA) is 123 Å². The predicted octanol–water partition coefficient (Wildman–Crippen LogP) is -0.425. The Balaban J connectivity index is 2.41. The molecule has 0 bridgehead atoms. The van der Waals surface area contributed by atoms with Crippen LogP contribution in [-0.2, 0) is 16.1 Å². The van der Waals surface area contributed by atoms with Gasteiger partial charge < -0.3 is 15.6 Å². The van der Waals surface area contributed by atoms with Gasteiger partial charge in [-0.15, -0.1) is 0 Å². The molecule has 0 atom stereocenters. The first-order valence-corrected chi connectivity index (χ1v) is 5.18. The van der Waals surface area contributed by atoms with E-state index in [1.807, 2.05) is 0 Å². The lowest BCUT2D eigenvalue weighted by Gasteiger charge is -2.02. The highest BCUT2D eigenvalue weighted by atomic mass is 16.5. The monoisotopic (exact) mass is 252 g/mol. The van der Waals surface area contributed by atoms with Gasteiger partial charge in [0, 0.05) is 6.07 Å². The number of carbonyl (C=O) groups is 1. The lowest BCUT2D eigenvalue weighted by molar-refractivity contribution is -0.140. The number of anilines is 1. The van der Waals surface area contributed by atoms with Crippen LogP contribution in [0.4, 0.5) is 5.82 Å². The van der Waals surface area contributed by atoms with E-state index in [4.69, 9.17) is 5.73 Å². The van der Waals surface area contributed by atoms with Gasteiger partial charge >= 0.3 is 5.97 Å². The third kappa shape index (κ3) is 1.99. The maximum Gasteiger partial charge on any atom is 0.307 e. The molecule has 8 heteroatoms. The van der Waals surface area contributed by atoms with E-state index in [0.717, 1.165) is 0 Å². The summed E-state index contributed by atoms with van der Waals surface area (Å²) >= 11 is 0.